The highest BCUT2D eigenvalue weighted by Gasteiger charge is 2.22. The minimum Gasteiger partial charge on any atom is -0.456 e. The molecule has 1 saturated carbocycles. The van der Waals surface area contributed by atoms with Crippen molar-refractivity contribution < 1.29 is 9.53 Å². The molecule has 1 heterocycles. The van der Waals surface area contributed by atoms with Gasteiger partial charge in [0.1, 0.15) is 10.6 Å². The third-order valence-corrected chi connectivity index (χ3v) is 6.71. The Labute approximate surface area is 206 Å². The van der Waals surface area contributed by atoms with Crippen LogP contribution >= 0.6 is 23.2 Å². The van der Waals surface area contributed by atoms with E-state index in [1.54, 1.807) is 22.8 Å². The van der Waals surface area contributed by atoms with E-state index < -0.39 is 5.60 Å². The lowest BCUT2D eigenvalue weighted by atomic mass is 9.94. The first-order valence-electron chi connectivity index (χ1n) is 11.7. The molecule has 0 saturated heterocycles. The number of pyridine rings is 1. The highest BCUT2D eigenvalue weighted by atomic mass is 35.5. The zero-order chi connectivity index (χ0) is 24.2. The second kappa shape index (κ2) is 11.1. The largest absolute Gasteiger partial charge is 0.456 e. The van der Waals surface area contributed by atoms with Crippen LogP contribution in [0.1, 0.15) is 74.5 Å². The first-order chi connectivity index (χ1) is 15.5. The number of aromatic nitrogens is 1. The maximum atomic E-state index is 12.9. The van der Waals surface area contributed by atoms with Crippen LogP contribution in [-0.2, 0) is 24.2 Å². The van der Waals surface area contributed by atoms with E-state index in [1.807, 2.05) is 32.9 Å². The van der Waals surface area contributed by atoms with E-state index in [-0.39, 0.29) is 16.6 Å². The first kappa shape index (κ1) is 25.8. The van der Waals surface area contributed by atoms with Gasteiger partial charge in [0.2, 0.25) is 0 Å². The number of carbonyl (C=O) groups excluding carboxylic acids is 1. The molecule has 5 nitrogen and oxygen atoms in total. The molecule has 0 N–H and O–H groups in total. The number of esters is 1. The number of rotatable bonds is 7. The summed E-state index contributed by atoms with van der Waals surface area (Å²) < 4.78 is 7.12. The highest BCUT2D eigenvalue weighted by Crippen LogP contribution is 2.26. The second-order valence-electron chi connectivity index (χ2n) is 9.90. The topological polar surface area (TPSA) is 51.5 Å². The summed E-state index contributed by atoms with van der Waals surface area (Å²) in [5.74, 6) is -0.347. The van der Waals surface area contributed by atoms with Crippen molar-refractivity contribution in [2.45, 2.75) is 84.0 Å². The van der Waals surface area contributed by atoms with Crippen molar-refractivity contribution in [3.63, 3.8) is 0 Å². The van der Waals surface area contributed by atoms with E-state index in [9.17, 15) is 9.59 Å². The Morgan fingerprint density at radius 3 is 2.33 bits per heavy atom. The summed E-state index contributed by atoms with van der Waals surface area (Å²) >= 11 is 12.7. The van der Waals surface area contributed by atoms with Crippen molar-refractivity contribution in [3.05, 3.63) is 67.6 Å². The van der Waals surface area contributed by atoms with Gasteiger partial charge in [-0.25, -0.2) is 4.79 Å². The van der Waals surface area contributed by atoms with Gasteiger partial charge >= 0.3 is 5.97 Å². The van der Waals surface area contributed by atoms with Crippen molar-refractivity contribution in [3.8, 4) is 0 Å². The Kier molecular flexibility index (Phi) is 8.65. The number of halogens is 2. The van der Waals surface area contributed by atoms with Crippen molar-refractivity contribution in [1.82, 2.24) is 9.47 Å². The quantitative estimate of drug-likeness (QED) is 0.437. The average molecular weight is 493 g/mol. The molecule has 0 amide bonds. The molecule has 1 fully saturated rings. The van der Waals surface area contributed by atoms with Crippen molar-refractivity contribution in [1.29, 1.82) is 0 Å². The van der Waals surface area contributed by atoms with Crippen molar-refractivity contribution in [2.24, 2.45) is 0 Å². The summed E-state index contributed by atoms with van der Waals surface area (Å²) in [6.07, 6.45) is 6.76. The number of hydrogen-bond donors (Lipinski definition) is 0. The van der Waals surface area contributed by atoms with Crippen LogP contribution in [0, 0.1) is 0 Å². The molecular formula is C26H34Cl2N2O3. The number of hydrogen-bond acceptors (Lipinski definition) is 4. The number of carbonyl (C=O) groups is 1. The molecule has 2 aromatic rings. The minimum atomic E-state index is -0.538. The van der Waals surface area contributed by atoms with Crippen LogP contribution in [0.5, 0.6) is 0 Å². The average Bonchev–Trinajstić information content (AvgIpc) is 2.77. The SMILES string of the molecule is CN(Cc1c(Cl)cc(Cl)c(=O)n1CCc1ccc(C(=O)OC(C)(C)C)cc1)C1CCCCC1. The molecular weight excluding hydrogens is 459 g/mol. The Bertz CT molecular complexity index is 1020. The molecule has 0 spiro atoms. The second-order valence-corrected chi connectivity index (χ2v) is 10.7. The van der Waals surface area contributed by atoms with Crippen molar-refractivity contribution in [2.75, 3.05) is 7.05 Å². The van der Waals surface area contributed by atoms with E-state index in [4.69, 9.17) is 27.9 Å². The molecule has 7 heteroatoms. The summed E-state index contributed by atoms with van der Waals surface area (Å²) in [6, 6.07) is 9.37. The standard InChI is InChI=1S/C26H34Cl2N2O3/c1-26(2,3)33-25(32)19-12-10-18(11-13-19)14-15-30-23(21(27)16-22(28)24(30)31)17-29(4)20-8-6-5-7-9-20/h10-13,16,20H,5-9,14-15,17H2,1-4H3. The van der Waals surface area contributed by atoms with E-state index in [0.717, 1.165) is 11.3 Å². The summed E-state index contributed by atoms with van der Waals surface area (Å²) in [6.45, 7) is 6.59. The third kappa shape index (κ3) is 7.08. The number of aryl methyl sites for hydroxylation is 1. The van der Waals surface area contributed by atoms with Gasteiger partial charge < -0.3 is 9.30 Å². The fraction of sp³-hybridized carbons (Fsp3) is 0.538. The predicted molar refractivity (Wildman–Crippen MR) is 134 cm³/mol. The van der Waals surface area contributed by atoms with Gasteiger partial charge in [0.15, 0.2) is 0 Å². The molecule has 33 heavy (non-hydrogen) atoms. The Morgan fingerprint density at radius 2 is 1.73 bits per heavy atom. The fourth-order valence-corrected chi connectivity index (χ4v) is 4.84. The lowest BCUT2D eigenvalue weighted by Gasteiger charge is -2.32. The summed E-state index contributed by atoms with van der Waals surface area (Å²) in [4.78, 5) is 27.4. The van der Waals surface area contributed by atoms with Crippen LogP contribution in [0.4, 0.5) is 0 Å². The van der Waals surface area contributed by atoms with Crippen LogP contribution in [0.25, 0.3) is 0 Å². The predicted octanol–water partition coefficient (Wildman–Crippen LogP) is 6.12. The normalized spacial score (nSPS) is 15.1. The van der Waals surface area contributed by atoms with Gasteiger partial charge in [0.05, 0.1) is 16.3 Å². The Balaban J connectivity index is 1.75. The minimum absolute atomic E-state index is 0.129. The van der Waals surface area contributed by atoms with Crippen LogP contribution in [-0.4, -0.2) is 34.1 Å². The lowest BCUT2D eigenvalue weighted by molar-refractivity contribution is 0.00695. The van der Waals surface area contributed by atoms with Gasteiger partial charge in [-0.1, -0.05) is 54.6 Å². The molecule has 1 aromatic carbocycles. The molecule has 0 unspecified atom stereocenters. The highest BCUT2D eigenvalue weighted by molar-refractivity contribution is 6.34. The number of benzene rings is 1. The molecule has 1 aromatic heterocycles. The molecule has 1 aliphatic rings. The van der Waals surface area contributed by atoms with Crippen LogP contribution in [0.2, 0.25) is 10.0 Å². The van der Waals surface area contributed by atoms with Crippen LogP contribution in [0.15, 0.2) is 35.1 Å². The molecule has 0 bridgehead atoms. The van der Waals surface area contributed by atoms with Gasteiger partial charge in [0, 0.05) is 19.1 Å². The van der Waals surface area contributed by atoms with Gasteiger partial charge in [-0.3, -0.25) is 9.69 Å². The maximum Gasteiger partial charge on any atom is 0.338 e. The maximum absolute atomic E-state index is 12.9. The Morgan fingerprint density at radius 1 is 1.09 bits per heavy atom. The zero-order valence-corrected chi connectivity index (χ0v) is 21.5. The zero-order valence-electron chi connectivity index (χ0n) is 20.0. The summed E-state index contributed by atoms with van der Waals surface area (Å²) in [5, 5.41) is 0.645. The van der Waals surface area contributed by atoms with Crippen LogP contribution < -0.4 is 5.56 Å². The van der Waals surface area contributed by atoms with Crippen molar-refractivity contribution >= 4 is 29.2 Å². The molecule has 0 aliphatic heterocycles. The fourth-order valence-electron chi connectivity index (χ4n) is 4.31. The van der Waals surface area contributed by atoms with E-state index in [2.05, 4.69) is 11.9 Å². The van der Waals surface area contributed by atoms with Gasteiger partial charge in [-0.05, 0) is 70.8 Å². The molecule has 3 rings (SSSR count). The number of nitrogens with zero attached hydrogens (tertiary/aromatic N) is 2. The lowest BCUT2D eigenvalue weighted by Crippen LogP contribution is -2.36. The Hall–Kier alpha value is -1.82. The van der Waals surface area contributed by atoms with Crippen LogP contribution in [0.3, 0.4) is 0 Å². The van der Waals surface area contributed by atoms with Gasteiger partial charge in [-0.2, -0.15) is 0 Å². The summed E-state index contributed by atoms with van der Waals surface area (Å²) in [5.41, 5.74) is 1.55. The van der Waals surface area contributed by atoms with Gasteiger partial charge in [-0.15, -0.1) is 0 Å². The molecule has 0 radical (unpaired) electrons. The first-order valence-corrected chi connectivity index (χ1v) is 12.4. The molecule has 180 valence electrons. The third-order valence-electron chi connectivity index (χ3n) is 6.11. The smallest absolute Gasteiger partial charge is 0.338 e. The van der Waals surface area contributed by atoms with Gasteiger partial charge in [0.25, 0.3) is 5.56 Å². The van der Waals surface area contributed by atoms with E-state index in [1.165, 1.54) is 32.1 Å². The number of ether oxygens (including phenoxy) is 1. The monoisotopic (exact) mass is 492 g/mol. The van der Waals surface area contributed by atoms with E-state index >= 15 is 0 Å². The molecule has 0 atom stereocenters. The van der Waals surface area contributed by atoms with E-state index in [0.29, 0.717) is 36.1 Å². The summed E-state index contributed by atoms with van der Waals surface area (Å²) in [7, 11) is 2.10. The molecule has 1 aliphatic carbocycles.